The van der Waals surface area contributed by atoms with E-state index in [1.165, 1.54) is 6.33 Å². The third-order valence-electron chi connectivity index (χ3n) is 2.90. The zero-order valence-electron chi connectivity index (χ0n) is 11.7. The van der Waals surface area contributed by atoms with E-state index in [0.717, 1.165) is 17.7 Å². The molecule has 0 aliphatic carbocycles. The van der Waals surface area contributed by atoms with Gasteiger partial charge in [0.1, 0.15) is 18.4 Å². The van der Waals surface area contributed by atoms with Crippen LogP contribution < -0.4 is 4.74 Å². The van der Waals surface area contributed by atoms with E-state index in [0.29, 0.717) is 23.2 Å². The second-order valence-electron chi connectivity index (χ2n) is 4.96. The first kappa shape index (κ1) is 14.6. The molecule has 106 valence electrons. The van der Waals surface area contributed by atoms with Gasteiger partial charge in [0.15, 0.2) is 0 Å². The van der Waals surface area contributed by atoms with Gasteiger partial charge in [0.25, 0.3) is 0 Å². The zero-order valence-corrected chi connectivity index (χ0v) is 12.5. The summed E-state index contributed by atoms with van der Waals surface area (Å²) in [6.07, 6.45) is 4.06. The largest absolute Gasteiger partial charge is 0.493 e. The highest BCUT2D eigenvalue weighted by molar-refractivity contribution is 6.30. The summed E-state index contributed by atoms with van der Waals surface area (Å²) in [5, 5.41) is 4.72. The minimum absolute atomic E-state index is 0.601. The molecule has 0 fully saturated rings. The molecule has 0 unspecified atom stereocenters. The van der Waals surface area contributed by atoms with Gasteiger partial charge < -0.3 is 4.74 Å². The predicted molar refractivity (Wildman–Crippen MR) is 80.9 cm³/mol. The minimum atomic E-state index is 0.601. The quantitative estimate of drug-likeness (QED) is 0.811. The molecule has 1 aromatic heterocycles. The van der Waals surface area contributed by atoms with Gasteiger partial charge in [-0.2, -0.15) is 5.10 Å². The minimum Gasteiger partial charge on any atom is -0.493 e. The van der Waals surface area contributed by atoms with E-state index in [2.05, 4.69) is 30.5 Å². The van der Waals surface area contributed by atoms with Crippen LogP contribution in [0.3, 0.4) is 0 Å². The maximum absolute atomic E-state index is 6.06. The maximum Gasteiger partial charge on any atom is 0.138 e. The molecule has 0 aliphatic rings. The lowest BCUT2D eigenvalue weighted by Crippen LogP contribution is -2.05. The van der Waals surface area contributed by atoms with Crippen LogP contribution in [0.15, 0.2) is 37.4 Å². The number of nitrogens with zero attached hydrogens (tertiary/aromatic N) is 3. The lowest BCUT2D eigenvalue weighted by molar-refractivity contribution is 0.288. The van der Waals surface area contributed by atoms with Crippen molar-refractivity contribution in [2.24, 2.45) is 5.92 Å². The molecule has 0 aliphatic heterocycles. The Morgan fingerprint density at radius 3 is 2.90 bits per heavy atom. The van der Waals surface area contributed by atoms with Crippen molar-refractivity contribution >= 4 is 17.3 Å². The Kier molecular flexibility index (Phi) is 4.79. The fraction of sp³-hybridized carbons (Fsp3) is 0.333. The van der Waals surface area contributed by atoms with Gasteiger partial charge in [-0.25, -0.2) is 9.67 Å². The molecule has 0 bridgehead atoms. The number of hydrogen-bond acceptors (Lipinski definition) is 3. The van der Waals surface area contributed by atoms with E-state index in [4.69, 9.17) is 16.3 Å². The molecule has 5 heteroatoms. The first-order chi connectivity index (χ1) is 9.58. The predicted octanol–water partition coefficient (Wildman–Crippen LogP) is 3.88. The third-order valence-corrected chi connectivity index (χ3v) is 3.14. The fourth-order valence-electron chi connectivity index (χ4n) is 1.73. The Bertz CT molecular complexity index is 579. The van der Waals surface area contributed by atoms with Crippen LogP contribution in [0.5, 0.6) is 5.75 Å². The molecular weight excluding hydrogens is 274 g/mol. The summed E-state index contributed by atoms with van der Waals surface area (Å²) in [4.78, 5) is 3.92. The highest BCUT2D eigenvalue weighted by Crippen LogP contribution is 2.29. The standard InChI is InChI=1S/C15H18ClN3O/c1-11(2)6-7-20-15-5-4-13(16)8-14(15)12(3)19-10-17-9-18-19/h4-5,8-11H,3,6-7H2,1-2H3. The van der Waals surface area contributed by atoms with Gasteiger partial charge in [0.2, 0.25) is 0 Å². The SMILES string of the molecule is C=C(c1cc(Cl)ccc1OCCC(C)C)n1cncn1. The Morgan fingerprint density at radius 1 is 1.45 bits per heavy atom. The molecule has 0 saturated heterocycles. The zero-order chi connectivity index (χ0) is 14.5. The molecule has 0 radical (unpaired) electrons. The highest BCUT2D eigenvalue weighted by Gasteiger charge is 2.11. The van der Waals surface area contributed by atoms with E-state index >= 15 is 0 Å². The number of aromatic nitrogens is 3. The Hall–Kier alpha value is -1.81. The van der Waals surface area contributed by atoms with Crippen molar-refractivity contribution < 1.29 is 4.74 Å². The second kappa shape index (κ2) is 6.57. The Morgan fingerprint density at radius 2 is 2.25 bits per heavy atom. The van der Waals surface area contributed by atoms with Crippen LogP contribution >= 0.6 is 11.6 Å². The molecule has 0 spiro atoms. The van der Waals surface area contributed by atoms with Crippen LogP contribution in [-0.4, -0.2) is 21.4 Å². The number of benzene rings is 1. The summed E-state index contributed by atoms with van der Waals surface area (Å²) in [5.41, 5.74) is 1.51. The van der Waals surface area contributed by atoms with Crippen LogP contribution in [0.2, 0.25) is 5.02 Å². The summed E-state index contributed by atoms with van der Waals surface area (Å²) in [7, 11) is 0. The molecule has 4 nitrogen and oxygen atoms in total. The van der Waals surface area contributed by atoms with Crippen molar-refractivity contribution in [3.8, 4) is 5.75 Å². The summed E-state index contributed by atoms with van der Waals surface area (Å²) in [6, 6.07) is 5.50. The van der Waals surface area contributed by atoms with Crippen molar-refractivity contribution in [1.82, 2.24) is 14.8 Å². The summed E-state index contributed by atoms with van der Waals surface area (Å²) in [6.45, 7) is 9.03. The monoisotopic (exact) mass is 291 g/mol. The van der Waals surface area contributed by atoms with E-state index in [1.54, 1.807) is 11.0 Å². The van der Waals surface area contributed by atoms with Crippen molar-refractivity contribution in [3.05, 3.63) is 48.0 Å². The molecule has 2 rings (SSSR count). The van der Waals surface area contributed by atoms with Crippen LogP contribution in [0.1, 0.15) is 25.8 Å². The summed E-state index contributed by atoms with van der Waals surface area (Å²) >= 11 is 6.06. The molecule has 0 amide bonds. The summed E-state index contributed by atoms with van der Waals surface area (Å²) < 4.78 is 7.44. The normalized spacial score (nSPS) is 10.8. The van der Waals surface area contributed by atoms with Crippen molar-refractivity contribution in [2.45, 2.75) is 20.3 Å². The highest BCUT2D eigenvalue weighted by atomic mass is 35.5. The van der Waals surface area contributed by atoms with Gasteiger partial charge in [0, 0.05) is 10.6 Å². The first-order valence-corrected chi connectivity index (χ1v) is 6.92. The molecule has 0 saturated carbocycles. The second-order valence-corrected chi connectivity index (χ2v) is 5.39. The first-order valence-electron chi connectivity index (χ1n) is 6.54. The van der Waals surface area contributed by atoms with Gasteiger partial charge in [-0.1, -0.05) is 32.0 Å². The van der Waals surface area contributed by atoms with Gasteiger partial charge >= 0.3 is 0 Å². The van der Waals surface area contributed by atoms with Crippen LogP contribution in [0.25, 0.3) is 5.70 Å². The topological polar surface area (TPSA) is 39.9 Å². The number of ether oxygens (including phenoxy) is 1. The molecule has 0 atom stereocenters. The van der Waals surface area contributed by atoms with E-state index in [-0.39, 0.29) is 0 Å². The average Bonchev–Trinajstić information content (AvgIpc) is 2.93. The van der Waals surface area contributed by atoms with Gasteiger partial charge in [-0.15, -0.1) is 0 Å². The Balaban J connectivity index is 2.22. The van der Waals surface area contributed by atoms with Gasteiger partial charge in [-0.3, -0.25) is 0 Å². The third kappa shape index (κ3) is 3.61. The van der Waals surface area contributed by atoms with E-state index < -0.39 is 0 Å². The molecule has 1 aromatic carbocycles. The molecule has 0 N–H and O–H groups in total. The van der Waals surface area contributed by atoms with E-state index in [9.17, 15) is 0 Å². The lowest BCUT2D eigenvalue weighted by atomic mass is 10.1. The molecular formula is C15H18ClN3O. The summed E-state index contributed by atoms with van der Waals surface area (Å²) in [5.74, 6) is 1.36. The van der Waals surface area contributed by atoms with E-state index in [1.807, 2.05) is 18.2 Å². The molecule has 20 heavy (non-hydrogen) atoms. The number of halogens is 1. The number of rotatable bonds is 6. The van der Waals surface area contributed by atoms with Gasteiger partial charge in [-0.05, 0) is 30.5 Å². The van der Waals surface area contributed by atoms with Crippen molar-refractivity contribution in [1.29, 1.82) is 0 Å². The smallest absolute Gasteiger partial charge is 0.138 e. The maximum atomic E-state index is 6.06. The van der Waals surface area contributed by atoms with Crippen LogP contribution in [-0.2, 0) is 0 Å². The molecule has 2 aromatic rings. The van der Waals surface area contributed by atoms with Gasteiger partial charge in [0.05, 0.1) is 12.3 Å². The van der Waals surface area contributed by atoms with Crippen molar-refractivity contribution in [2.75, 3.05) is 6.61 Å². The average molecular weight is 292 g/mol. The van der Waals surface area contributed by atoms with Crippen molar-refractivity contribution in [3.63, 3.8) is 0 Å². The Labute approximate surface area is 124 Å². The van der Waals surface area contributed by atoms with Crippen LogP contribution in [0.4, 0.5) is 0 Å². The number of hydrogen-bond donors (Lipinski definition) is 0. The van der Waals surface area contributed by atoms with Crippen LogP contribution in [0, 0.1) is 5.92 Å². The molecule has 1 heterocycles. The lowest BCUT2D eigenvalue weighted by Gasteiger charge is -2.14. The fourth-order valence-corrected chi connectivity index (χ4v) is 1.90.